The third-order valence-corrected chi connectivity index (χ3v) is 3.02. The molecule has 108 valence electrons. The predicted octanol–water partition coefficient (Wildman–Crippen LogP) is 1.36. The summed E-state index contributed by atoms with van der Waals surface area (Å²) in [5, 5.41) is 3.28. The number of rotatable bonds is 8. The van der Waals surface area contributed by atoms with Crippen molar-refractivity contribution in [2.45, 2.75) is 33.4 Å². The van der Waals surface area contributed by atoms with Crippen LogP contribution in [0.3, 0.4) is 0 Å². The van der Waals surface area contributed by atoms with Crippen molar-refractivity contribution in [3.63, 3.8) is 0 Å². The summed E-state index contributed by atoms with van der Waals surface area (Å²) in [6.07, 6.45) is 3.68. The van der Waals surface area contributed by atoms with E-state index < -0.39 is 0 Å². The summed E-state index contributed by atoms with van der Waals surface area (Å²) < 4.78 is 0. The average molecular weight is 265 g/mol. The van der Waals surface area contributed by atoms with E-state index in [9.17, 15) is 0 Å². The van der Waals surface area contributed by atoms with Gasteiger partial charge in [-0.3, -0.25) is 4.98 Å². The van der Waals surface area contributed by atoms with Crippen molar-refractivity contribution < 1.29 is 0 Å². The molecule has 1 aromatic rings. The average Bonchev–Trinajstić information content (AvgIpc) is 2.37. The first-order valence-corrected chi connectivity index (χ1v) is 7.01. The molecule has 0 aliphatic heterocycles. The molecule has 0 amide bonds. The number of nitrogens with one attached hydrogen (secondary N) is 1. The molecule has 0 saturated carbocycles. The van der Waals surface area contributed by atoms with Gasteiger partial charge in [0.25, 0.3) is 0 Å². The van der Waals surface area contributed by atoms with Crippen LogP contribution in [0.4, 0.5) is 5.82 Å². The normalized spacial score (nSPS) is 12.7. The topological polar surface area (TPSA) is 44.3 Å². The molecule has 1 rings (SSSR count). The second kappa shape index (κ2) is 8.07. The molecule has 1 atom stereocenters. The van der Waals surface area contributed by atoms with Crippen LogP contribution in [0.5, 0.6) is 0 Å². The molecule has 19 heavy (non-hydrogen) atoms. The summed E-state index contributed by atoms with van der Waals surface area (Å²) in [5.74, 6) is 0.965. The van der Waals surface area contributed by atoms with Crippen LogP contribution < -0.4 is 10.2 Å². The summed E-state index contributed by atoms with van der Waals surface area (Å²) in [6.45, 7) is 10.1. The lowest BCUT2D eigenvalue weighted by molar-refractivity contribution is 0.372. The molecule has 0 aromatic carbocycles. The highest BCUT2D eigenvalue weighted by atomic mass is 15.2. The Kier molecular flexibility index (Phi) is 6.73. The molecule has 5 nitrogen and oxygen atoms in total. The summed E-state index contributed by atoms with van der Waals surface area (Å²) in [7, 11) is 4.19. The Hall–Kier alpha value is -1.20. The van der Waals surface area contributed by atoms with Gasteiger partial charge in [-0.25, -0.2) is 4.98 Å². The molecule has 1 heterocycles. The van der Waals surface area contributed by atoms with Crippen LogP contribution in [0.25, 0.3) is 0 Å². The fraction of sp³-hybridized carbons (Fsp3) is 0.714. The van der Waals surface area contributed by atoms with E-state index in [2.05, 4.69) is 55.0 Å². The van der Waals surface area contributed by atoms with Gasteiger partial charge in [0.1, 0.15) is 5.82 Å². The largest absolute Gasteiger partial charge is 0.352 e. The standard InChI is InChI=1S/C14H27N5/c1-6-15-8-13-9-16-10-14(17-13)19(7-2)12(3)11-18(4)5/h9-10,12,15H,6-8,11H2,1-5H3. The van der Waals surface area contributed by atoms with Crippen LogP contribution in [0, 0.1) is 0 Å². The Balaban J connectivity index is 2.79. The molecular formula is C14H27N5. The van der Waals surface area contributed by atoms with Crippen LogP contribution in [0.15, 0.2) is 12.4 Å². The number of hydrogen-bond acceptors (Lipinski definition) is 5. The fourth-order valence-electron chi connectivity index (χ4n) is 2.20. The zero-order chi connectivity index (χ0) is 14.3. The lowest BCUT2D eigenvalue weighted by Crippen LogP contribution is -2.40. The van der Waals surface area contributed by atoms with Crippen molar-refractivity contribution in [2.75, 3.05) is 38.6 Å². The number of hydrogen-bond donors (Lipinski definition) is 1. The Morgan fingerprint density at radius 3 is 2.58 bits per heavy atom. The van der Waals surface area contributed by atoms with Crippen LogP contribution in [0.1, 0.15) is 26.5 Å². The van der Waals surface area contributed by atoms with Crippen molar-refractivity contribution in [2.24, 2.45) is 0 Å². The van der Waals surface area contributed by atoms with E-state index in [4.69, 9.17) is 4.98 Å². The highest BCUT2D eigenvalue weighted by Gasteiger charge is 2.15. The quantitative estimate of drug-likeness (QED) is 0.769. The van der Waals surface area contributed by atoms with Gasteiger partial charge < -0.3 is 15.1 Å². The molecule has 0 bridgehead atoms. The van der Waals surface area contributed by atoms with Crippen LogP contribution in [-0.2, 0) is 6.54 Å². The number of anilines is 1. The van der Waals surface area contributed by atoms with E-state index in [-0.39, 0.29) is 0 Å². The Morgan fingerprint density at radius 2 is 2.00 bits per heavy atom. The van der Waals surface area contributed by atoms with E-state index >= 15 is 0 Å². The van der Waals surface area contributed by atoms with Crippen molar-refractivity contribution in [3.05, 3.63) is 18.1 Å². The molecule has 0 aliphatic carbocycles. The maximum atomic E-state index is 4.69. The van der Waals surface area contributed by atoms with Crippen LogP contribution in [-0.4, -0.2) is 54.6 Å². The summed E-state index contributed by atoms with van der Waals surface area (Å²) in [6, 6.07) is 0.420. The van der Waals surface area contributed by atoms with Crippen molar-refractivity contribution in [1.82, 2.24) is 20.2 Å². The highest BCUT2D eigenvalue weighted by molar-refractivity contribution is 5.37. The zero-order valence-electron chi connectivity index (χ0n) is 12.8. The summed E-state index contributed by atoms with van der Waals surface area (Å²) in [4.78, 5) is 13.5. The first-order valence-electron chi connectivity index (χ1n) is 7.01. The van der Waals surface area contributed by atoms with Gasteiger partial charge in [-0.15, -0.1) is 0 Å². The second-order valence-electron chi connectivity index (χ2n) is 5.05. The first-order chi connectivity index (χ1) is 9.08. The van der Waals surface area contributed by atoms with E-state index in [1.165, 1.54) is 0 Å². The van der Waals surface area contributed by atoms with Crippen molar-refractivity contribution >= 4 is 5.82 Å². The number of aromatic nitrogens is 2. The van der Waals surface area contributed by atoms with Gasteiger partial charge in [0, 0.05) is 31.9 Å². The van der Waals surface area contributed by atoms with Crippen molar-refractivity contribution in [3.8, 4) is 0 Å². The van der Waals surface area contributed by atoms with E-state index in [1.807, 2.05) is 12.4 Å². The molecular weight excluding hydrogens is 238 g/mol. The van der Waals surface area contributed by atoms with E-state index in [1.54, 1.807) is 0 Å². The monoisotopic (exact) mass is 265 g/mol. The van der Waals surface area contributed by atoms with Crippen LogP contribution in [0.2, 0.25) is 0 Å². The summed E-state index contributed by atoms with van der Waals surface area (Å²) in [5.41, 5.74) is 0.995. The third kappa shape index (κ3) is 5.12. The van der Waals surface area contributed by atoms with E-state index in [0.717, 1.165) is 37.7 Å². The lowest BCUT2D eigenvalue weighted by Gasteiger charge is -2.31. The maximum absolute atomic E-state index is 4.69. The minimum absolute atomic E-state index is 0.420. The maximum Gasteiger partial charge on any atom is 0.147 e. The third-order valence-electron chi connectivity index (χ3n) is 3.02. The Bertz CT molecular complexity index is 367. The minimum Gasteiger partial charge on any atom is -0.352 e. The SMILES string of the molecule is CCNCc1cncc(N(CC)C(C)CN(C)C)n1. The van der Waals surface area contributed by atoms with Gasteiger partial charge in [-0.2, -0.15) is 0 Å². The summed E-state index contributed by atoms with van der Waals surface area (Å²) >= 11 is 0. The zero-order valence-corrected chi connectivity index (χ0v) is 12.8. The minimum atomic E-state index is 0.420. The molecule has 0 aliphatic rings. The van der Waals surface area contributed by atoms with Gasteiger partial charge >= 0.3 is 0 Å². The molecule has 1 N–H and O–H groups in total. The highest BCUT2D eigenvalue weighted by Crippen LogP contribution is 2.13. The Labute approximate surface area is 117 Å². The molecule has 0 fully saturated rings. The molecule has 0 saturated heterocycles. The lowest BCUT2D eigenvalue weighted by atomic mass is 10.2. The number of likely N-dealkylation sites (N-methyl/N-ethyl adjacent to an activating group) is 2. The molecule has 1 unspecified atom stereocenters. The van der Waals surface area contributed by atoms with Crippen molar-refractivity contribution in [1.29, 1.82) is 0 Å². The van der Waals surface area contributed by atoms with Gasteiger partial charge in [0.15, 0.2) is 0 Å². The fourth-order valence-corrected chi connectivity index (χ4v) is 2.20. The van der Waals surface area contributed by atoms with Gasteiger partial charge in [0.05, 0.1) is 11.9 Å². The molecule has 1 aromatic heterocycles. The predicted molar refractivity (Wildman–Crippen MR) is 80.4 cm³/mol. The van der Waals surface area contributed by atoms with Crippen LogP contribution >= 0.6 is 0 Å². The van der Waals surface area contributed by atoms with E-state index in [0.29, 0.717) is 6.04 Å². The smallest absolute Gasteiger partial charge is 0.147 e. The van der Waals surface area contributed by atoms with Gasteiger partial charge in [-0.1, -0.05) is 6.92 Å². The van der Waals surface area contributed by atoms with Gasteiger partial charge in [0.2, 0.25) is 0 Å². The molecule has 0 spiro atoms. The molecule has 5 heteroatoms. The number of nitrogens with zero attached hydrogens (tertiary/aromatic N) is 4. The Morgan fingerprint density at radius 1 is 1.26 bits per heavy atom. The van der Waals surface area contributed by atoms with Gasteiger partial charge in [-0.05, 0) is 34.5 Å². The second-order valence-corrected chi connectivity index (χ2v) is 5.05. The first kappa shape index (κ1) is 15.9. The molecule has 0 radical (unpaired) electrons.